The van der Waals surface area contributed by atoms with Gasteiger partial charge in [-0.05, 0) is 0 Å². The van der Waals surface area contributed by atoms with Gasteiger partial charge >= 0.3 is 0 Å². The van der Waals surface area contributed by atoms with E-state index in [9.17, 15) is 4.79 Å². The van der Waals surface area contributed by atoms with Crippen molar-refractivity contribution in [3.8, 4) is 0 Å². The molecule has 0 radical (unpaired) electrons. The van der Waals surface area contributed by atoms with Crippen molar-refractivity contribution in [1.29, 1.82) is 0 Å². The van der Waals surface area contributed by atoms with E-state index in [0.717, 1.165) is 0 Å². The Kier molecular flexibility index (Phi) is 10.3. The highest BCUT2D eigenvalue weighted by Gasteiger charge is 2.09. The van der Waals surface area contributed by atoms with Gasteiger partial charge in [-0.1, -0.05) is 0 Å². The minimum atomic E-state index is -0.0961. The minimum Gasteiger partial charge on any atom is -0.395 e. The summed E-state index contributed by atoms with van der Waals surface area (Å²) in [6.45, 7) is 3.09. The Hall–Kier alpha value is -0.690. The van der Waals surface area contributed by atoms with Gasteiger partial charge in [0.2, 0.25) is 5.91 Å². The maximum atomic E-state index is 11.4. The van der Waals surface area contributed by atoms with Crippen molar-refractivity contribution in [2.75, 3.05) is 60.2 Å². The molecule has 0 unspecified atom stereocenters. The van der Waals surface area contributed by atoms with Gasteiger partial charge in [-0.15, -0.1) is 0 Å². The van der Waals surface area contributed by atoms with Crippen molar-refractivity contribution in [3.63, 3.8) is 0 Å². The van der Waals surface area contributed by atoms with Crippen molar-refractivity contribution >= 4 is 5.91 Å². The summed E-state index contributed by atoms with van der Waals surface area (Å²) in [4.78, 5) is 13.3. The summed E-state index contributed by atoms with van der Waals surface area (Å²) in [5.74, 6) is -0.0961. The molecule has 0 saturated heterocycles. The molecule has 16 heavy (non-hydrogen) atoms. The fraction of sp³-hybridized carbons (Fsp3) is 0.900. The number of hydrogen-bond donors (Lipinski definition) is 2. The van der Waals surface area contributed by atoms with E-state index in [1.807, 2.05) is 4.90 Å². The third-order valence-electron chi connectivity index (χ3n) is 2.02. The number of aliphatic hydroxyl groups is 1. The normalized spacial score (nSPS) is 10.8. The first kappa shape index (κ1) is 15.3. The van der Waals surface area contributed by atoms with Crippen LogP contribution in [-0.4, -0.2) is 76.1 Å². The summed E-state index contributed by atoms with van der Waals surface area (Å²) < 4.78 is 9.92. The van der Waals surface area contributed by atoms with Gasteiger partial charge in [0.15, 0.2) is 0 Å². The van der Waals surface area contributed by atoms with E-state index < -0.39 is 0 Å². The van der Waals surface area contributed by atoms with Crippen LogP contribution in [-0.2, 0) is 14.3 Å². The SMILES string of the molecule is COCCN(CCOC)CC(=O)NCCO. The molecule has 0 bridgehead atoms. The molecule has 0 aromatic heterocycles. The van der Waals surface area contributed by atoms with Crippen LogP contribution in [0.15, 0.2) is 0 Å². The molecule has 0 fully saturated rings. The summed E-state index contributed by atoms with van der Waals surface area (Å²) in [6.07, 6.45) is 0. The second kappa shape index (κ2) is 10.8. The Morgan fingerprint density at radius 3 is 2.25 bits per heavy atom. The minimum absolute atomic E-state index is 0.0398. The molecule has 1 amide bonds. The van der Waals surface area contributed by atoms with Crippen LogP contribution >= 0.6 is 0 Å². The zero-order valence-electron chi connectivity index (χ0n) is 10.1. The lowest BCUT2D eigenvalue weighted by Gasteiger charge is -2.20. The molecule has 0 aliphatic carbocycles. The lowest BCUT2D eigenvalue weighted by molar-refractivity contribution is -0.122. The summed E-state index contributed by atoms with van der Waals surface area (Å²) in [6, 6.07) is 0. The molecule has 0 spiro atoms. The third-order valence-corrected chi connectivity index (χ3v) is 2.02. The van der Waals surface area contributed by atoms with E-state index in [-0.39, 0.29) is 12.5 Å². The lowest BCUT2D eigenvalue weighted by Crippen LogP contribution is -2.41. The fourth-order valence-corrected chi connectivity index (χ4v) is 1.17. The van der Waals surface area contributed by atoms with Gasteiger partial charge in [0, 0.05) is 33.9 Å². The average Bonchev–Trinajstić information content (AvgIpc) is 2.30. The van der Waals surface area contributed by atoms with Gasteiger partial charge < -0.3 is 19.9 Å². The van der Waals surface area contributed by atoms with Crippen molar-refractivity contribution in [1.82, 2.24) is 10.2 Å². The van der Waals surface area contributed by atoms with Crippen molar-refractivity contribution in [2.24, 2.45) is 0 Å². The molecule has 96 valence electrons. The number of ether oxygens (including phenoxy) is 2. The Morgan fingerprint density at radius 1 is 1.25 bits per heavy atom. The summed E-state index contributed by atoms with van der Waals surface area (Å²) in [5, 5.41) is 11.2. The molecule has 0 aromatic rings. The third kappa shape index (κ3) is 8.60. The smallest absolute Gasteiger partial charge is 0.234 e. The maximum absolute atomic E-state index is 11.4. The quantitative estimate of drug-likeness (QED) is 0.491. The Labute approximate surface area is 96.5 Å². The van der Waals surface area contributed by atoms with Gasteiger partial charge in [0.1, 0.15) is 0 Å². The highest BCUT2D eigenvalue weighted by Crippen LogP contribution is 1.89. The summed E-state index contributed by atoms with van der Waals surface area (Å²) >= 11 is 0. The van der Waals surface area contributed by atoms with Gasteiger partial charge in [-0.2, -0.15) is 0 Å². The van der Waals surface area contributed by atoms with Crippen LogP contribution in [0.1, 0.15) is 0 Å². The van der Waals surface area contributed by atoms with Crippen LogP contribution in [0.5, 0.6) is 0 Å². The number of nitrogens with zero attached hydrogens (tertiary/aromatic N) is 1. The molecule has 0 saturated carbocycles. The lowest BCUT2D eigenvalue weighted by atomic mass is 10.4. The van der Waals surface area contributed by atoms with E-state index in [1.165, 1.54) is 0 Å². The Morgan fingerprint density at radius 2 is 1.81 bits per heavy atom. The van der Waals surface area contributed by atoms with Crippen LogP contribution in [0.2, 0.25) is 0 Å². The van der Waals surface area contributed by atoms with Gasteiger partial charge in [0.25, 0.3) is 0 Å². The van der Waals surface area contributed by atoms with Crippen molar-refractivity contribution in [3.05, 3.63) is 0 Å². The Balaban J connectivity index is 3.82. The van der Waals surface area contributed by atoms with Crippen LogP contribution < -0.4 is 5.32 Å². The first-order valence-electron chi connectivity index (χ1n) is 5.32. The van der Waals surface area contributed by atoms with E-state index in [0.29, 0.717) is 39.4 Å². The fourth-order valence-electron chi connectivity index (χ4n) is 1.17. The number of methoxy groups -OCH3 is 2. The number of hydrogen-bond acceptors (Lipinski definition) is 5. The highest BCUT2D eigenvalue weighted by molar-refractivity contribution is 5.77. The molecular weight excluding hydrogens is 212 g/mol. The molecule has 0 aliphatic rings. The zero-order chi connectivity index (χ0) is 12.2. The second-order valence-corrected chi connectivity index (χ2v) is 3.34. The van der Waals surface area contributed by atoms with E-state index in [4.69, 9.17) is 14.6 Å². The monoisotopic (exact) mass is 234 g/mol. The van der Waals surface area contributed by atoms with E-state index in [1.54, 1.807) is 14.2 Å². The number of carbonyl (C=O) groups is 1. The Bertz CT molecular complexity index is 170. The number of aliphatic hydroxyl groups excluding tert-OH is 1. The largest absolute Gasteiger partial charge is 0.395 e. The van der Waals surface area contributed by atoms with Gasteiger partial charge in [-0.3, -0.25) is 9.69 Å². The predicted octanol–water partition coefficient (Wildman–Crippen LogP) is -1.31. The predicted molar refractivity (Wildman–Crippen MR) is 60.3 cm³/mol. The second-order valence-electron chi connectivity index (χ2n) is 3.34. The van der Waals surface area contributed by atoms with Gasteiger partial charge in [0.05, 0.1) is 26.4 Å². The summed E-state index contributed by atoms with van der Waals surface area (Å²) in [7, 11) is 3.25. The molecule has 0 atom stereocenters. The van der Waals surface area contributed by atoms with E-state index >= 15 is 0 Å². The van der Waals surface area contributed by atoms with Crippen LogP contribution in [0, 0.1) is 0 Å². The van der Waals surface area contributed by atoms with Gasteiger partial charge in [-0.25, -0.2) is 0 Å². The summed E-state index contributed by atoms with van der Waals surface area (Å²) in [5.41, 5.74) is 0. The first-order chi connectivity index (χ1) is 7.74. The first-order valence-corrected chi connectivity index (χ1v) is 5.32. The molecular formula is C10H22N2O4. The highest BCUT2D eigenvalue weighted by atomic mass is 16.5. The standard InChI is InChI=1S/C10H22N2O4/c1-15-7-4-12(5-8-16-2)9-10(14)11-3-6-13/h13H,3-9H2,1-2H3,(H,11,14). The molecule has 0 aliphatic heterocycles. The molecule has 0 rings (SSSR count). The topological polar surface area (TPSA) is 71.0 Å². The number of carbonyl (C=O) groups excluding carboxylic acids is 1. The molecule has 6 heteroatoms. The van der Waals surface area contributed by atoms with Crippen LogP contribution in [0.3, 0.4) is 0 Å². The van der Waals surface area contributed by atoms with Crippen LogP contribution in [0.4, 0.5) is 0 Å². The van der Waals surface area contributed by atoms with Crippen molar-refractivity contribution < 1.29 is 19.4 Å². The number of nitrogens with one attached hydrogen (secondary N) is 1. The zero-order valence-corrected chi connectivity index (χ0v) is 10.1. The molecule has 6 nitrogen and oxygen atoms in total. The average molecular weight is 234 g/mol. The van der Waals surface area contributed by atoms with Crippen LogP contribution in [0.25, 0.3) is 0 Å². The maximum Gasteiger partial charge on any atom is 0.234 e. The molecule has 0 aromatic carbocycles. The molecule has 0 heterocycles. The van der Waals surface area contributed by atoms with E-state index in [2.05, 4.69) is 5.32 Å². The molecule has 2 N–H and O–H groups in total. The number of amides is 1. The van der Waals surface area contributed by atoms with Crippen molar-refractivity contribution in [2.45, 2.75) is 0 Å². The number of rotatable bonds is 10.